The second kappa shape index (κ2) is 7.02. The van der Waals surface area contributed by atoms with Crippen molar-refractivity contribution in [1.82, 2.24) is 9.80 Å². The molecule has 1 rings (SSSR count). The van der Waals surface area contributed by atoms with Crippen LogP contribution in [0, 0.1) is 5.92 Å². The molecule has 2 amide bonds. The monoisotopic (exact) mass is 272 g/mol. The average molecular weight is 272 g/mol. The maximum absolute atomic E-state index is 12.0. The Balaban J connectivity index is 2.30. The molecule has 0 aliphatic carbocycles. The molecule has 0 unspecified atom stereocenters. The van der Waals surface area contributed by atoms with Crippen molar-refractivity contribution in [3.05, 3.63) is 0 Å². The Hall–Kier alpha value is -0.710. The first-order chi connectivity index (χ1) is 8.41. The van der Waals surface area contributed by atoms with E-state index in [2.05, 4.69) is 20.8 Å². The highest BCUT2D eigenvalue weighted by molar-refractivity contribution is 8.00. The lowest BCUT2D eigenvalue weighted by Crippen LogP contribution is -2.50. The fourth-order valence-corrected chi connectivity index (χ4v) is 2.73. The van der Waals surface area contributed by atoms with E-state index in [4.69, 9.17) is 0 Å². The molecule has 5 heteroatoms. The van der Waals surface area contributed by atoms with Gasteiger partial charge in [0.05, 0.1) is 5.75 Å². The number of carbonyl (C=O) groups excluding carboxylic acids is 2. The first-order valence-corrected chi connectivity index (χ1v) is 7.61. The quantitative estimate of drug-likeness (QED) is 0.778. The van der Waals surface area contributed by atoms with Gasteiger partial charge in [-0.15, -0.1) is 11.8 Å². The lowest BCUT2D eigenvalue weighted by atomic mass is 10.2. The number of amides is 2. The minimum atomic E-state index is 0.102. The van der Waals surface area contributed by atoms with Crippen molar-refractivity contribution in [1.29, 1.82) is 0 Å². The predicted molar refractivity (Wildman–Crippen MR) is 75.6 cm³/mol. The van der Waals surface area contributed by atoms with E-state index in [0.717, 1.165) is 0 Å². The molecule has 1 saturated heterocycles. The lowest BCUT2D eigenvalue weighted by Gasteiger charge is -2.34. The predicted octanol–water partition coefficient (Wildman–Crippen LogP) is 1.45. The van der Waals surface area contributed by atoms with E-state index in [9.17, 15) is 9.59 Å². The molecule has 1 heterocycles. The van der Waals surface area contributed by atoms with Gasteiger partial charge in [-0.2, -0.15) is 0 Å². The van der Waals surface area contributed by atoms with Crippen molar-refractivity contribution in [3.63, 3.8) is 0 Å². The summed E-state index contributed by atoms with van der Waals surface area (Å²) in [5, 5.41) is 0.507. The fraction of sp³-hybridized carbons (Fsp3) is 0.846. The average Bonchev–Trinajstić information content (AvgIpc) is 2.35. The van der Waals surface area contributed by atoms with E-state index in [1.54, 1.807) is 23.6 Å². The molecule has 18 heavy (non-hydrogen) atoms. The Morgan fingerprint density at radius 2 is 1.56 bits per heavy atom. The second-order valence-corrected chi connectivity index (χ2v) is 6.51. The third kappa shape index (κ3) is 4.52. The molecule has 0 bridgehead atoms. The van der Waals surface area contributed by atoms with Gasteiger partial charge in [-0.25, -0.2) is 0 Å². The number of rotatable bonds is 4. The minimum Gasteiger partial charge on any atom is -0.339 e. The number of hydrogen-bond donors (Lipinski definition) is 0. The van der Waals surface area contributed by atoms with Gasteiger partial charge in [0.25, 0.3) is 0 Å². The highest BCUT2D eigenvalue weighted by atomic mass is 32.2. The zero-order chi connectivity index (χ0) is 13.7. The SMILES string of the molecule is CC(=O)N1CCN(C(=O)CS[C@@H](C)C(C)C)CC1. The summed E-state index contributed by atoms with van der Waals surface area (Å²) in [5.41, 5.74) is 0. The maximum Gasteiger partial charge on any atom is 0.232 e. The highest BCUT2D eigenvalue weighted by Crippen LogP contribution is 2.19. The van der Waals surface area contributed by atoms with E-state index in [1.807, 2.05) is 4.90 Å². The Kier molecular flexibility index (Phi) is 5.99. The highest BCUT2D eigenvalue weighted by Gasteiger charge is 2.22. The third-order valence-corrected chi connectivity index (χ3v) is 4.97. The van der Waals surface area contributed by atoms with Crippen molar-refractivity contribution >= 4 is 23.6 Å². The number of hydrogen-bond acceptors (Lipinski definition) is 3. The van der Waals surface area contributed by atoms with Crippen LogP contribution in [-0.4, -0.2) is 58.8 Å². The standard InChI is InChI=1S/C13H24N2O2S/c1-10(2)11(3)18-9-13(17)15-7-5-14(6-8-15)12(4)16/h10-11H,5-9H2,1-4H3/t11-/m0/s1. The Bertz CT molecular complexity index is 299. The summed E-state index contributed by atoms with van der Waals surface area (Å²) in [6.07, 6.45) is 0. The van der Waals surface area contributed by atoms with Crippen molar-refractivity contribution in [2.45, 2.75) is 32.9 Å². The van der Waals surface area contributed by atoms with E-state index in [-0.39, 0.29) is 11.8 Å². The largest absolute Gasteiger partial charge is 0.339 e. The Morgan fingerprint density at radius 3 is 2.00 bits per heavy atom. The zero-order valence-corrected chi connectivity index (χ0v) is 12.6. The number of piperazine rings is 1. The van der Waals surface area contributed by atoms with E-state index < -0.39 is 0 Å². The number of thioether (sulfide) groups is 1. The molecule has 0 saturated carbocycles. The molecule has 0 aromatic carbocycles. The van der Waals surface area contributed by atoms with Crippen molar-refractivity contribution < 1.29 is 9.59 Å². The minimum absolute atomic E-state index is 0.102. The molecular formula is C13H24N2O2S. The van der Waals surface area contributed by atoms with Gasteiger partial charge in [0.1, 0.15) is 0 Å². The van der Waals surface area contributed by atoms with Crippen LogP contribution < -0.4 is 0 Å². The van der Waals surface area contributed by atoms with Gasteiger partial charge in [0.2, 0.25) is 11.8 Å². The third-order valence-electron chi connectivity index (χ3n) is 3.49. The van der Waals surface area contributed by atoms with Crippen LogP contribution in [0.1, 0.15) is 27.7 Å². The molecule has 0 spiro atoms. The van der Waals surface area contributed by atoms with Crippen LogP contribution in [0.5, 0.6) is 0 Å². The normalized spacial score (nSPS) is 18.1. The van der Waals surface area contributed by atoms with E-state index in [1.165, 1.54) is 0 Å². The molecule has 1 aliphatic rings. The van der Waals surface area contributed by atoms with Crippen LogP contribution in [-0.2, 0) is 9.59 Å². The fourth-order valence-electron chi connectivity index (χ4n) is 1.76. The second-order valence-electron chi connectivity index (χ2n) is 5.15. The van der Waals surface area contributed by atoms with Crippen LogP contribution in [0.3, 0.4) is 0 Å². The molecule has 4 nitrogen and oxygen atoms in total. The van der Waals surface area contributed by atoms with Gasteiger partial charge < -0.3 is 9.80 Å². The topological polar surface area (TPSA) is 40.6 Å². The number of carbonyl (C=O) groups is 2. The molecule has 0 radical (unpaired) electrons. The van der Waals surface area contributed by atoms with Crippen LogP contribution in [0.25, 0.3) is 0 Å². The van der Waals surface area contributed by atoms with Gasteiger partial charge in [-0.3, -0.25) is 9.59 Å². The summed E-state index contributed by atoms with van der Waals surface area (Å²) < 4.78 is 0. The van der Waals surface area contributed by atoms with Gasteiger partial charge in [0.15, 0.2) is 0 Å². The zero-order valence-electron chi connectivity index (χ0n) is 11.8. The van der Waals surface area contributed by atoms with Crippen LogP contribution in [0.15, 0.2) is 0 Å². The van der Waals surface area contributed by atoms with E-state index >= 15 is 0 Å². The smallest absolute Gasteiger partial charge is 0.232 e. The van der Waals surface area contributed by atoms with Gasteiger partial charge in [0, 0.05) is 38.4 Å². The lowest BCUT2D eigenvalue weighted by molar-refractivity contribution is -0.136. The molecule has 0 N–H and O–H groups in total. The van der Waals surface area contributed by atoms with Crippen molar-refractivity contribution in [2.24, 2.45) is 5.92 Å². The molecule has 104 valence electrons. The van der Waals surface area contributed by atoms with Crippen molar-refractivity contribution in [3.8, 4) is 0 Å². The molecule has 0 aromatic rings. The summed E-state index contributed by atoms with van der Waals surface area (Å²) in [5.74, 6) is 1.46. The first-order valence-electron chi connectivity index (χ1n) is 6.56. The van der Waals surface area contributed by atoms with Gasteiger partial charge in [-0.1, -0.05) is 20.8 Å². The summed E-state index contributed by atoms with van der Waals surface area (Å²) in [7, 11) is 0. The summed E-state index contributed by atoms with van der Waals surface area (Å²) in [6, 6.07) is 0. The van der Waals surface area contributed by atoms with Gasteiger partial charge in [-0.05, 0) is 5.92 Å². The summed E-state index contributed by atoms with van der Waals surface area (Å²) >= 11 is 1.72. The Labute approximate surface area is 114 Å². The number of nitrogens with zero attached hydrogens (tertiary/aromatic N) is 2. The maximum atomic E-state index is 12.0. The van der Waals surface area contributed by atoms with E-state index in [0.29, 0.717) is 43.1 Å². The molecule has 1 atom stereocenters. The first kappa shape index (κ1) is 15.3. The van der Waals surface area contributed by atoms with Crippen molar-refractivity contribution in [2.75, 3.05) is 31.9 Å². The van der Waals surface area contributed by atoms with Crippen LogP contribution in [0.2, 0.25) is 0 Å². The molecular weight excluding hydrogens is 248 g/mol. The molecule has 1 fully saturated rings. The molecule has 0 aromatic heterocycles. The van der Waals surface area contributed by atoms with Gasteiger partial charge >= 0.3 is 0 Å². The summed E-state index contributed by atoms with van der Waals surface area (Å²) in [6.45, 7) is 10.8. The molecule has 1 aliphatic heterocycles. The summed E-state index contributed by atoms with van der Waals surface area (Å²) in [4.78, 5) is 26.9. The van der Waals surface area contributed by atoms with Crippen LogP contribution >= 0.6 is 11.8 Å². The van der Waals surface area contributed by atoms with Crippen LogP contribution in [0.4, 0.5) is 0 Å². The Morgan fingerprint density at radius 1 is 1.06 bits per heavy atom.